The van der Waals surface area contributed by atoms with Gasteiger partial charge in [-0.25, -0.2) is 4.68 Å². The Labute approximate surface area is 114 Å². The van der Waals surface area contributed by atoms with E-state index in [0.717, 1.165) is 23.7 Å². The highest BCUT2D eigenvalue weighted by Gasteiger charge is 2.32. The van der Waals surface area contributed by atoms with Crippen LogP contribution in [0.15, 0.2) is 0 Å². The summed E-state index contributed by atoms with van der Waals surface area (Å²) >= 11 is 0. The zero-order valence-corrected chi connectivity index (χ0v) is 12.3. The summed E-state index contributed by atoms with van der Waals surface area (Å²) in [5.74, 6) is 0.336. The fourth-order valence-corrected chi connectivity index (χ4v) is 2.36. The molecule has 1 aliphatic rings. The molecule has 6 heteroatoms. The maximum Gasteiger partial charge on any atom is 0.216 e. The maximum atomic E-state index is 5.74. The van der Waals surface area contributed by atoms with Crippen molar-refractivity contribution in [2.24, 2.45) is 7.05 Å². The van der Waals surface area contributed by atoms with Gasteiger partial charge in [0.05, 0.1) is 31.1 Å². The van der Waals surface area contributed by atoms with Crippen molar-refractivity contribution >= 4 is 0 Å². The van der Waals surface area contributed by atoms with Gasteiger partial charge in [0.2, 0.25) is 5.88 Å². The second-order valence-corrected chi connectivity index (χ2v) is 5.28. The van der Waals surface area contributed by atoms with Crippen LogP contribution in [0.4, 0.5) is 0 Å². The highest BCUT2D eigenvalue weighted by atomic mass is 16.7. The number of aromatic nitrogens is 2. The van der Waals surface area contributed by atoms with Gasteiger partial charge in [-0.3, -0.25) is 0 Å². The number of nitrogens with zero attached hydrogens (tertiary/aromatic N) is 2. The summed E-state index contributed by atoms with van der Waals surface area (Å²) in [5.41, 5.74) is 2.07. The lowest BCUT2D eigenvalue weighted by Crippen LogP contribution is -2.30. The summed E-state index contributed by atoms with van der Waals surface area (Å²) < 4.78 is 18.4. The first kappa shape index (κ1) is 14.3. The minimum atomic E-state index is -0.464. The number of hydrogen-bond acceptors (Lipinski definition) is 5. The largest absolute Gasteiger partial charge is 0.481 e. The van der Waals surface area contributed by atoms with Crippen LogP contribution in [0.2, 0.25) is 0 Å². The van der Waals surface area contributed by atoms with E-state index in [0.29, 0.717) is 13.2 Å². The minimum absolute atomic E-state index is 0.0953. The first-order chi connectivity index (χ1) is 8.93. The third-order valence-electron chi connectivity index (χ3n) is 3.22. The van der Waals surface area contributed by atoms with Crippen molar-refractivity contribution in [3.05, 3.63) is 11.3 Å². The minimum Gasteiger partial charge on any atom is -0.481 e. The molecule has 0 aromatic carbocycles. The lowest BCUT2D eigenvalue weighted by atomic mass is 10.2. The zero-order valence-electron chi connectivity index (χ0n) is 12.3. The van der Waals surface area contributed by atoms with Crippen LogP contribution < -0.4 is 10.1 Å². The van der Waals surface area contributed by atoms with Crippen molar-refractivity contribution in [3.8, 4) is 5.88 Å². The number of aryl methyl sites for hydroxylation is 2. The van der Waals surface area contributed by atoms with E-state index in [-0.39, 0.29) is 6.10 Å². The molecule has 0 amide bonds. The Bertz CT molecular complexity index is 443. The van der Waals surface area contributed by atoms with Gasteiger partial charge >= 0.3 is 0 Å². The molecule has 6 nitrogen and oxygen atoms in total. The Hall–Kier alpha value is -1.11. The molecule has 1 aliphatic heterocycles. The van der Waals surface area contributed by atoms with Gasteiger partial charge in [0.25, 0.3) is 0 Å². The van der Waals surface area contributed by atoms with E-state index < -0.39 is 5.79 Å². The molecule has 1 saturated heterocycles. The summed E-state index contributed by atoms with van der Waals surface area (Å²) in [7, 11) is 3.54. The van der Waals surface area contributed by atoms with Gasteiger partial charge in [0.15, 0.2) is 5.79 Å². The molecule has 1 fully saturated rings. The molecular weight excluding hydrogens is 246 g/mol. The molecule has 1 unspecified atom stereocenters. The SMILES string of the molecule is COc1c(CNCC2COC(C)(C)O2)c(C)nn1C. The van der Waals surface area contributed by atoms with Gasteiger partial charge in [0, 0.05) is 20.1 Å². The smallest absolute Gasteiger partial charge is 0.216 e. The predicted molar refractivity (Wildman–Crippen MR) is 71.1 cm³/mol. The summed E-state index contributed by atoms with van der Waals surface area (Å²) in [6.45, 7) is 7.94. The first-order valence-corrected chi connectivity index (χ1v) is 6.52. The van der Waals surface area contributed by atoms with Crippen LogP contribution in [0.5, 0.6) is 5.88 Å². The molecular formula is C13H23N3O3. The number of methoxy groups -OCH3 is 1. The number of rotatable bonds is 5. The summed E-state index contributed by atoms with van der Waals surface area (Å²) in [6, 6.07) is 0. The van der Waals surface area contributed by atoms with Crippen LogP contribution in [0.3, 0.4) is 0 Å². The Kier molecular flexibility index (Phi) is 4.13. The normalized spacial score (nSPS) is 21.8. The number of nitrogens with one attached hydrogen (secondary N) is 1. The standard InChI is InChI=1S/C13H23N3O3/c1-9-11(12(17-5)16(4)15-9)7-14-6-10-8-18-13(2,3)19-10/h10,14H,6-8H2,1-5H3. The molecule has 1 aromatic heterocycles. The topological polar surface area (TPSA) is 57.5 Å². The Balaban J connectivity index is 1.86. The second kappa shape index (κ2) is 5.48. The van der Waals surface area contributed by atoms with Gasteiger partial charge in [-0.05, 0) is 20.8 Å². The molecule has 19 heavy (non-hydrogen) atoms. The predicted octanol–water partition coefficient (Wildman–Crippen LogP) is 0.978. The Morgan fingerprint density at radius 2 is 2.26 bits per heavy atom. The molecule has 0 bridgehead atoms. The van der Waals surface area contributed by atoms with E-state index in [1.54, 1.807) is 11.8 Å². The third kappa shape index (κ3) is 3.26. The Morgan fingerprint density at radius 1 is 1.53 bits per heavy atom. The molecule has 1 atom stereocenters. The van der Waals surface area contributed by atoms with Crippen LogP contribution >= 0.6 is 0 Å². The van der Waals surface area contributed by atoms with Gasteiger partial charge < -0.3 is 19.5 Å². The fourth-order valence-electron chi connectivity index (χ4n) is 2.36. The maximum absolute atomic E-state index is 5.74. The highest BCUT2D eigenvalue weighted by molar-refractivity contribution is 5.30. The molecule has 0 spiro atoms. The van der Waals surface area contributed by atoms with E-state index in [2.05, 4.69) is 10.4 Å². The number of ether oxygens (including phenoxy) is 3. The first-order valence-electron chi connectivity index (χ1n) is 6.52. The van der Waals surface area contributed by atoms with Crippen molar-refractivity contribution in [3.63, 3.8) is 0 Å². The van der Waals surface area contributed by atoms with E-state index in [1.807, 2.05) is 27.8 Å². The molecule has 2 heterocycles. The molecule has 2 rings (SSSR count). The van der Waals surface area contributed by atoms with Crippen LogP contribution in [0.1, 0.15) is 25.1 Å². The highest BCUT2D eigenvalue weighted by Crippen LogP contribution is 2.23. The van der Waals surface area contributed by atoms with Crippen LogP contribution in [-0.2, 0) is 23.1 Å². The molecule has 1 N–H and O–H groups in total. The van der Waals surface area contributed by atoms with E-state index in [4.69, 9.17) is 14.2 Å². The molecule has 0 aliphatic carbocycles. The van der Waals surface area contributed by atoms with Gasteiger partial charge in [-0.15, -0.1) is 0 Å². The lowest BCUT2D eigenvalue weighted by molar-refractivity contribution is -0.137. The fraction of sp³-hybridized carbons (Fsp3) is 0.769. The van der Waals surface area contributed by atoms with Crippen molar-refractivity contribution < 1.29 is 14.2 Å². The third-order valence-corrected chi connectivity index (χ3v) is 3.22. The van der Waals surface area contributed by atoms with Gasteiger partial charge in [-0.1, -0.05) is 0 Å². The lowest BCUT2D eigenvalue weighted by Gasteiger charge is -2.17. The number of hydrogen-bond donors (Lipinski definition) is 1. The van der Waals surface area contributed by atoms with Crippen LogP contribution in [-0.4, -0.2) is 41.9 Å². The second-order valence-electron chi connectivity index (χ2n) is 5.28. The molecule has 0 saturated carbocycles. The summed E-state index contributed by atoms with van der Waals surface area (Å²) in [5, 5.41) is 7.72. The summed E-state index contributed by atoms with van der Waals surface area (Å²) in [6.07, 6.45) is 0.0953. The molecule has 108 valence electrons. The molecule has 0 radical (unpaired) electrons. The molecule has 1 aromatic rings. The Morgan fingerprint density at radius 3 is 2.84 bits per heavy atom. The van der Waals surface area contributed by atoms with Gasteiger partial charge in [0.1, 0.15) is 0 Å². The quantitative estimate of drug-likeness (QED) is 0.863. The van der Waals surface area contributed by atoms with Crippen molar-refractivity contribution in [1.29, 1.82) is 0 Å². The van der Waals surface area contributed by atoms with Crippen molar-refractivity contribution in [2.75, 3.05) is 20.3 Å². The van der Waals surface area contributed by atoms with Crippen molar-refractivity contribution in [1.82, 2.24) is 15.1 Å². The van der Waals surface area contributed by atoms with Crippen LogP contribution in [0, 0.1) is 6.92 Å². The zero-order chi connectivity index (χ0) is 14.0. The van der Waals surface area contributed by atoms with E-state index in [9.17, 15) is 0 Å². The average Bonchev–Trinajstić information content (AvgIpc) is 2.80. The average molecular weight is 269 g/mol. The van der Waals surface area contributed by atoms with Crippen molar-refractivity contribution in [2.45, 2.75) is 39.2 Å². The van der Waals surface area contributed by atoms with Gasteiger partial charge in [-0.2, -0.15) is 5.10 Å². The monoisotopic (exact) mass is 269 g/mol. The van der Waals surface area contributed by atoms with E-state index in [1.165, 1.54) is 0 Å². The van der Waals surface area contributed by atoms with E-state index >= 15 is 0 Å². The van der Waals surface area contributed by atoms with Crippen LogP contribution in [0.25, 0.3) is 0 Å². The summed E-state index contributed by atoms with van der Waals surface area (Å²) in [4.78, 5) is 0.